The number of aromatic carboxylic acids is 1. The molecule has 0 bridgehead atoms. The van der Waals surface area contributed by atoms with Gasteiger partial charge in [0, 0.05) is 109 Å². The minimum absolute atomic E-state index is 0.0544. The summed E-state index contributed by atoms with van der Waals surface area (Å²) in [6.45, 7) is 2.18. The van der Waals surface area contributed by atoms with Gasteiger partial charge >= 0.3 is 0 Å². The number of carbonyl (C=O) groups is 3. The van der Waals surface area contributed by atoms with Gasteiger partial charge in [0.2, 0.25) is 11.3 Å². The van der Waals surface area contributed by atoms with Crippen LogP contribution in [-0.2, 0) is 27.1 Å². The van der Waals surface area contributed by atoms with Crippen LogP contribution in [0.1, 0.15) is 88.0 Å². The number of nitrogens with zero attached hydrogens (tertiary/aromatic N) is 4. The van der Waals surface area contributed by atoms with Crippen molar-refractivity contribution in [1.29, 1.82) is 0 Å². The van der Waals surface area contributed by atoms with Crippen LogP contribution in [0.2, 0.25) is 0 Å². The number of amides is 2. The summed E-state index contributed by atoms with van der Waals surface area (Å²) in [4.78, 5) is 45.3. The van der Waals surface area contributed by atoms with Gasteiger partial charge in [-0.15, -0.1) is 0 Å². The van der Waals surface area contributed by atoms with E-state index in [0.717, 1.165) is 71.9 Å². The first-order valence-corrected chi connectivity index (χ1v) is 28.4. The van der Waals surface area contributed by atoms with E-state index in [2.05, 4.69) is 10.6 Å². The number of phenols is 1. The molecule has 1 aliphatic carbocycles. The standard InChI is InChI=1S/C67H71FN6O10/c1-72(2)49-20-25-53-61(41-49)84-62-42-50(73(3)4)21-26-54(62)64(53)55-39-47(19-24-52(55)67(79)80)65(77)70-30-33-82-35-34-81-32-28-63(76)69-29-12-7-5-6-8-13-31-83-60-27-16-45(37-56(60)68)36-48-40-59-57(38-44-14-10-9-11-15-44)71-58(43-74(59)66(48)78)46-17-22-51(75)23-18-46/h9-11,14-27,37,39-43H,5-8,12-13,28-36,38H2,1-4H3,(H4-,69,70,71,75,76,77,78,79,80). The largest absolute Gasteiger partial charge is 0.545 e. The molecule has 84 heavy (non-hydrogen) atoms. The zero-order chi connectivity index (χ0) is 59.1. The number of carbonyl (C=O) groups excluding carboxylic acids is 3. The number of carboxylic acid groups (broad SMARTS) is 1. The average molecular weight is 1140 g/mol. The number of aromatic hydroxyl groups is 2. The fourth-order valence-corrected chi connectivity index (χ4v) is 10.1. The average Bonchev–Trinajstić information content (AvgIpc) is 1.23. The van der Waals surface area contributed by atoms with Crippen molar-refractivity contribution in [2.75, 3.05) is 79.2 Å². The molecular formula is C67H71FN6O10. The zero-order valence-electron chi connectivity index (χ0n) is 47.9. The number of benzene rings is 6. The Balaban J connectivity index is 0.631. The van der Waals surface area contributed by atoms with Crippen molar-refractivity contribution >= 4 is 40.0 Å². The van der Waals surface area contributed by atoms with Crippen LogP contribution in [-0.4, -0.2) is 112 Å². The van der Waals surface area contributed by atoms with Gasteiger partial charge in [0.05, 0.1) is 62.0 Å². The van der Waals surface area contributed by atoms with Crippen LogP contribution in [0.25, 0.3) is 50.2 Å². The van der Waals surface area contributed by atoms with Crippen LogP contribution in [0.15, 0.2) is 144 Å². The van der Waals surface area contributed by atoms with Crippen molar-refractivity contribution in [3.8, 4) is 51.1 Å². The lowest BCUT2D eigenvalue weighted by Gasteiger charge is -2.20. The van der Waals surface area contributed by atoms with Gasteiger partial charge in [-0.05, 0) is 102 Å². The molecule has 2 aromatic heterocycles. The Morgan fingerprint density at radius 3 is 2.24 bits per heavy atom. The zero-order valence-corrected chi connectivity index (χ0v) is 47.9. The lowest BCUT2D eigenvalue weighted by molar-refractivity contribution is -0.255. The number of unbranched alkanes of at least 4 members (excludes halogenated alkanes) is 5. The summed E-state index contributed by atoms with van der Waals surface area (Å²) < 4.78 is 42.5. The minimum atomic E-state index is -1.37. The number of halogens is 1. The molecule has 2 amide bonds. The first-order valence-electron chi connectivity index (χ1n) is 28.4. The van der Waals surface area contributed by atoms with Crippen LogP contribution in [0.3, 0.4) is 0 Å². The lowest BCUT2D eigenvalue weighted by atomic mass is 9.89. The van der Waals surface area contributed by atoms with Gasteiger partial charge in [-0.2, -0.15) is 0 Å². The van der Waals surface area contributed by atoms with Crippen molar-refractivity contribution in [2.24, 2.45) is 0 Å². The highest BCUT2D eigenvalue weighted by Crippen LogP contribution is 2.42. The molecule has 0 spiro atoms. The number of ether oxygens (including phenoxy) is 3. The van der Waals surface area contributed by atoms with E-state index < -0.39 is 17.7 Å². The van der Waals surface area contributed by atoms with E-state index in [1.54, 1.807) is 47.0 Å². The van der Waals surface area contributed by atoms with Crippen LogP contribution >= 0.6 is 0 Å². The van der Waals surface area contributed by atoms with Crippen LogP contribution in [0.5, 0.6) is 17.4 Å². The maximum absolute atomic E-state index is 15.3. The van der Waals surface area contributed by atoms with E-state index in [1.807, 2.05) is 117 Å². The van der Waals surface area contributed by atoms with Crippen LogP contribution in [0.4, 0.5) is 10.1 Å². The Morgan fingerprint density at radius 2 is 1.49 bits per heavy atom. The molecule has 17 heteroatoms. The van der Waals surface area contributed by atoms with Crippen molar-refractivity contribution < 1.29 is 52.7 Å². The molecular weight excluding hydrogens is 1070 g/mol. The lowest BCUT2D eigenvalue weighted by Crippen LogP contribution is -2.28. The number of nitrogens with one attached hydrogen (secondary N) is 2. The molecule has 9 rings (SSSR count). The Bertz CT molecular complexity index is 3800. The van der Waals surface area contributed by atoms with Crippen molar-refractivity contribution in [1.82, 2.24) is 24.6 Å². The summed E-state index contributed by atoms with van der Waals surface area (Å²) in [6, 6.07) is 39.5. The van der Waals surface area contributed by atoms with Gasteiger partial charge in [0.1, 0.15) is 31.2 Å². The van der Waals surface area contributed by atoms with Gasteiger partial charge in [-0.1, -0.05) is 68.1 Å². The van der Waals surface area contributed by atoms with Crippen LogP contribution < -0.4 is 35.3 Å². The molecule has 1 aliphatic heterocycles. The van der Waals surface area contributed by atoms with Crippen molar-refractivity contribution in [2.45, 2.75) is 57.8 Å². The van der Waals surface area contributed by atoms with Crippen LogP contribution in [0, 0.1) is 5.82 Å². The van der Waals surface area contributed by atoms with Gasteiger partial charge in [0.15, 0.2) is 17.4 Å². The quantitative estimate of drug-likeness (QED) is 0.0206. The van der Waals surface area contributed by atoms with E-state index in [-0.39, 0.29) is 73.8 Å². The highest BCUT2D eigenvalue weighted by atomic mass is 19.1. The smallest absolute Gasteiger partial charge is 0.251 e. The third-order valence-electron chi connectivity index (χ3n) is 14.7. The molecule has 436 valence electrons. The topological polar surface area (TPSA) is 203 Å². The van der Waals surface area contributed by atoms with E-state index in [9.17, 15) is 29.7 Å². The molecule has 5 aromatic carbocycles. The number of carboxylic acids is 1. The van der Waals surface area contributed by atoms with E-state index in [4.69, 9.17) is 23.6 Å². The summed E-state index contributed by atoms with van der Waals surface area (Å²) in [6.07, 6.45) is 8.38. The number of fused-ring (bicyclic) bond motifs is 3. The molecule has 4 N–H and O–H groups in total. The highest BCUT2D eigenvalue weighted by molar-refractivity contribution is 6.09. The molecule has 0 atom stereocenters. The normalized spacial score (nSPS) is 11.3. The van der Waals surface area contributed by atoms with Crippen molar-refractivity contribution in [3.63, 3.8) is 0 Å². The van der Waals surface area contributed by atoms with Crippen molar-refractivity contribution in [3.05, 3.63) is 184 Å². The Morgan fingerprint density at radius 1 is 0.726 bits per heavy atom. The maximum Gasteiger partial charge on any atom is 0.251 e. The monoisotopic (exact) mass is 1140 g/mol. The summed E-state index contributed by atoms with van der Waals surface area (Å²) in [5.41, 5.74) is 8.67. The Labute approximate surface area is 487 Å². The Kier molecular flexibility index (Phi) is 20.1. The predicted molar refractivity (Wildman–Crippen MR) is 321 cm³/mol. The molecule has 0 unspecified atom stereocenters. The first-order chi connectivity index (χ1) is 40.7. The number of phenolic OH excluding ortho intramolecular Hbond substituents is 1. The number of hydrogen-bond acceptors (Lipinski definition) is 12. The maximum atomic E-state index is 15.3. The molecule has 0 radical (unpaired) electrons. The number of hydrogen-bond donors (Lipinski definition) is 4. The third-order valence-corrected chi connectivity index (χ3v) is 14.7. The third kappa shape index (κ3) is 15.1. The molecule has 0 saturated carbocycles. The fraction of sp³-hybridized carbons (Fsp3) is 0.299. The van der Waals surface area contributed by atoms with E-state index in [0.29, 0.717) is 76.2 Å². The summed E-state index contributed by atoms with van der Waals surface area (Å²) in [7, 11) is 7.70. The van der Waals surface area contributed by atoms with Gasteiger partial charge in [-0.3, -0.25) is 14.0 Å². The molecule has 7 aromatic rings. The Hall–Kier alpha value is -9.06. The second-order valence-electron chi connectivity index (χ2n) is 21.2. The molecule has 3 heterocycles. The molecule has 16 nitrogen and oxygen atoms in total. The fourth-order valence-electron chi connectivity index (χ4n) is 10.1. The molecule has 2 aliphatic rings. The van der Waals surface area contributed by atoms with E-state index in [1.165, 1.54) is 18.2 Å². The number of anilines is 1. The number of aromatic nitrogens is 2. The summed E-state index contributed by atoms with van der Waals surface area (Å²) in [5, 5.41) is 41.2. The first kappa shape index (κ1) is 59.6. The molecule has 0 saturated heterocycles. The second kappa shape index (κ2) is 28.3. The van der Waals surface area contributed by atoms with Gasteiger partial charge in [0.25, 0.3) is 5.91 Å². The summed E-state index contributed by atoms with van der Waals surface area (Å²) in [5.74, 6) is -1.36. The predicted octanol–water partition coefficient (Wildman–Crippen LogP) is 9.40. The number of rotatable bonds is 28. The van der Waals surface area contributed by atoms with E-state index >= 15 is 4.39 Å². The minimum Gasteiger partial charge on any atom is -0.545 e. The van der Waals surface area contributed by atoms with Gasteiger partial charge < -0.3 is 54.3 Å². The second-order valence-corrected chi connectivity index (χ2v) is 21.2. The summed E-state index contributed by atoms with van der Waals surface area (Å²) >= 11 is 0. The highest BCUT2D eigenvalue weighted by Gasteiger charge is 2.23. The SMILES string of the molecule is CN(C)c1ccc2c(-c3cc(C(=O)NCCOCCOCCC(=O)NCCCCCCCCOc4ccc(Cc5cc6c(Cc7ccccc7)nc(-c7ccc(O)cc7)cn6c5O)cc4F)ccc3C(=O)[O-])c3ccc(=[N+](C)C)cc-3oc2c1. The van der Waals surface area contributed by atoms with Gasteiger partial charge in [-0.25, -0.2) is 13.9 Å². The molecule has 0 fully saturated rings.